The molecule has 0 aliphatic rings. The van der Waals surface area contributed by atoms with Crippen molar-refractivity contribution < 1.29 is 14.3 Å². The van der Waals surface area contributed by atoms with Crippen molar-refractivity contribution in [2.75, 3.05) is 18.4 Å². The fourth-order valence-electron chi connectivity index (χ4n) is 3.06. The van der Waals surface area contributed by atoms with Gasteiger partial charge in [0.05, 0.1) is 0 Å². The lowest BCUT2D eigenvalue weighted by atomic mass is 10.0. The second-order valence-electron chi connectivity index (χ2n) is 7.98. The summed E-state index contributed by atoms with van der Waals surface area (Å²) in [5, 5.41) is 2.66. The van der Waals surface area contributed by atoms with Gasteiger partial charge in [-0.1, -0.05) is 30.3 Å². The summed E-state index contributed by atoms with van der Waals surface area (Å²) < 4.78 is 6.91. The zero-order valence-electron chi connectivity index (χ0n) is 18.3. The van der Waals surface area contributed by atoms with Crippen LogP contribution in [0.1, 0.15) is 46.2 Å². The van der Waals surface area contributed by atoms with Gasteiger partial charge >= 0.3 is 12.0 Å². The first-order chi connectivity index (χ1) is 14.2. The molecule has 0 saturated carbocycles. The third kappa shape index (κ3) is 6.20. The molecule has 0 aliphatic carbocycles. The summed E-state index contributed by atoms with van der Waals surface area (Å²) in [5.41, 5.74) is -0.122. The molecule has 0 radical (unpaired) electrons. The normalized spacial score (nSPS) is 12.2. The number of aromatic nitrogens is 1. The lowest BCUT2D eigenvalue weighted by Crippen LogP contribution is -2.39. The minimum absolute atomic E-state index is 0.121. The number of pyridine rings is 1. The first kappa shape index (κ1) is 23.2. The van der Waals surface area contributed by atoms with E-state index < -0.39 is 23.2 Å². The number of nitrogens with one attached hydrogen (secondary N) is 1. The Labute approximate surface area is 177 Å². The summed E-state index contributed by atoms with van der Waals surface area (Å²) in [6.07, 6.45) is 1.84. The van der Waals surface area contributed by atoms with Crippen LogP contribution in [0.3, 0.4) is 0 Å². The zero-order chi connectivity index (χ0) is 22.3. The summed E-state index contributed by atoms with van der Waals surface area (Å²) in [6, 6.07) is 11.4. The fourth-order valence-corrected chi connectivity index (χ4v) is 3.06. The van der Waals surface area contributed by atoms with Crippen molar-refractivity contribution in [1.82, 2.24) is 9.47 Å². The Bertz CT molecular complexity index is 912. The van der Waals surface area contributed by atoms with Gasteiger partial charge in [-0.15, -0.1) is 0 Å². The van der Waals surface area contributed by atoms with Crippen molar-refractivity contribution in [2.24, 2.45) is 0 Å². The van der Waals surface area contributed by atoms with E-state index in [1.165, 1.54) is 10.6 Å². The average Bonchev–Trinajstić information content (AvgIpc) is 2.68. The van der Waals surface area contributed by atoms with Crippen molar-refractivity contribution in [3.63, 3.8) is 0 Å². The highest BCUT2D eigenvalue weighted by atomic mass is 16.6. The number of hydrogen-bond donors (Lipinski definition) is 1. The van der Waals surface area contributed by atoms with E-state index in [9.17, 15) is 14.4 Å². The van der Waals surface area contributed by atoms with Crippen LogP contribution >= 0.6 is 0 Å². The molecule has 30 heavy (non-hydrogen) atoms. The van der Waals surface area contributed by atoms with E-state index in [4.69, 9.17) is 4.74 Å². The predicted molar refractivity (Wildman–Crippen MR) is 118 cm³/mol. The van der Waals surface area contributed by atoms with Gasteiger partial charge < -0.3 is 15.0 Å². The first-order valence-corrected chi connectivity index (χ1v) is 10.2. The second kappa shape index (κ2) is 10.1. The molecule has 2 amide bonds. The van der Waals surface area contributed by atoms with Crippen LogP contribution in [0.5, 0.6) is 0 Å². The highest BCUT2D eigenvalue weighted by Gasteiger charge is 2.28. The molecule has 1 N–H and O–H groups in total. The van der Waals surface area contributed by atoms with E-state index in [0.29, 0.717) is 19.5 Å². The van der Waals surface area contributed by atoms with E-state index >= 15 is 0 Å². The number of anilines is 1. The van der Waals surface area contributed by atoms with Gasteiger partial charge in [-0.3, -0.25) is 9.36 Å². The Morgan fingerprint density at radius 3 is 2.27 bits per heavy atom. The molecule has 162 valence electrons. The highest BCUT2D eigenvalue weighted by Crippen LogP contribution is 2.19. The van der Waals surface area contributed by atoms with Crippen LogP contribution in [-0.4, -0.2) is 40.2 Å². The van der Waals surface area contributed by atoms with Crippen LogP contribution in [-0.2, 0) is 16.0 Å². The molecule has 1 aromatic carbocycles. The van der Waals surface area contributed by atoms with Crippen molar-refractivity contribution in [3.8, 4) is 0 Å². The Balaban J connectivity index is 2.41. The third-order valence-electron chi connectivity index (χ3n) is 4.55. The molecule has 1 aromatic heterocycles. The van der Waals surface area contributed by atoms with Gasteiger partial charge in [0.2, 0.25) is 0 Å². The predicted octanol–water partition coefficient (Wildman–Crippen LogP) is 3.85. The molecule has 1 heterocycles. The molecular formula is C23H31N3O4. The van der Waals surface area contributed by atoms with E-state index in [0.717, 1.165) is 5.56 Å². The van der Waals surface area contributed by atoms with Crippen molar-refractivity contribution in [1.29, 1.82) is 0 Å². The Morgan fingerprint density at radius 2 is 1.70 bits per heavy atom. The largest absolute Gasteiger partial charge is 0.458 e. The molecule has 7 nitrogen and oxygen atoms in total. The SMILES string of the molecule is CCN(CC)C(=O)Nc1cccn(C(Cc2ccccc2)C(=O)OC(C)(C)C)c1=O. The highest BCUT2D eigenvalue weighted by molar-refractivity contribution is 5.89. The van der Waals surface area contributed by atoms with Gasteiger partial charge in [-0.25, -0.2) is 9.59 Å². The van der Waals surface area contributed by atoms with Crippen molar-refractivity contribution in [2.45, 2.75) is 52.7 Å². The topological polar surface area (TPSA) is 80.6 Å². The number of urea groups is 1. The van der Waals surface area contributed by atoms with Crippen LogP contribution in [0.15, 0.2) is 53.5 Å². The standard InChI is InChI=1S/C23H31N3O4/c1-6-25(7-2)22(29)24-18-14-11-15-26(20(18)27)19(21(28)30-23(3,4)5)16-17-12-9-8-10-13-17/h8-15,19H,6-7,16H2,1-5H3,(H,24,29). The first-order valence-electron chi connectivity index (χ1n) is 10.2. The Kier molecular flexibility index (Phi) is 7.80. The molecule has 0 fully saturated rings. The number of nitrogens with zero attached hydrogens (tertiary/aromatic N) is 2. The van der Waals surface area contributed by atoms with E-state index in [1.807, 2.05) is 44.2 Å². The maximum Gasteiger partial charge on any atom is 0.330 e. The van der Waals surface area contributed by atoms with E-state index in [2.05, 4.69) is 5.32 Å². The molecule has 2 aromatic rings. The zero-order valence-corrected chi connectivity index (χ0v) is 18.3. The van der Waals surface area contributed by atoms with Crippen LogP contribution in [0, 0.1) is 0 Å². The molecule has 1 unspecified atom stereocenters. The van der Waals surface area contributed by atoms with Crippen LogP contribution in [0.2, 0.25) is 0 Å². The minimum atomic E-state index is -0.857. The minimum Gasteiger partial charge on any atom is -0.458 e. The van der Waals surface area contributed by atoms with Gasteiger partial charge in [-0.2, -0.15) is 0 Å². The maximum absolute atomic E-state index is 13.1. The molecule has 2 rings (SSSR count). The number of hydrogen-bond acceptors (Lipinski definition) is 4. The number of carbonyl (C=O) groups excluding carboxylic acids is 2. The summed E-state index contributed by atoms with van der Waals surface area (Å²) in [5.74, 6) is -0.499. The molecule has 0 saturated heterocycles. The fraction of sp³-hybridized carbons (Fsp3) is 0.435. The molecular weight excluding hydrogens is 382 g/mol. The van der Waals surface area contributed by atoms with E-state index in [1.54, 1.807) is 37.9 Å². The monoisotopic (exact) mass is 413 g/mol. The molecule has 0 spiro atoms. The Morgan fingerprint density at radius 1 is 1.07 bits per heavy atom. The number of esters is 1. The third-order valence-corrected chi connectivity index (χ3v) is 4.55. The summed E-state index contributed by atoms with van der Waals surface area (Å²) in [6.45, 7) is 10.1. The van der Waals surface area contributed by atoms with Crippen LogP contribution in [0.25, 0.3) is 0 Å². The molecule has 7 heteroatoms. The molecule has 1 atom stereocenters. The van der Waals surface area contributed by atoms with Gasteiger partial charge in [0.15, 0.2) is 0 Å². The summed E-state index contributed by atoms with van der Waals surface area (Å²) >= 11 is 0. The van der Waals surface area contributed by atoms with E-state index in [-0.39, 0.29) is 11.7 Å². The second-order valence-corrected chi connectivity index (χ2v) is 7.98. The van der Waals surface area contributed by atoms with Gasteiger partial charge in [-0.05, 0) is 52.3 Å². The molecule has 0 bridgehead atoms. The summed E-state index contributed by atoms with van der Waals surface area (Å²) in [7, 11) is 0. The number of ether oxygens (including phenoxy) is 1. The Hall–Kier alpha value is -3.09. The smallest absolute Gasteiger partial charge is 0.330 e. The summed E-state index contributed by atoms with van der Waals surface area (Å²) in [4.78, 5) is 40.1. The van der Waals surface area contributed by atoms with Crippen molar-refractivity contribution >= 4 is 17.7 Å². The average molecular weight is 414 g/mol. The quantitative estimate of drug-likeness (QED) is 0.699. The maximum atomic E-state index is 13.1. The lowest BCUT2D eigenvalue weighted by molar-refractivity contribution is -0.159. The van der Waals surface area contributed by atoms with Gasteiger partial charge in [0.25, 0.3) is 5.56 Å². The number of rotatable bonds is 7. The van der Waals surface area contributed by atoms with Crippen LogP contribution < -0.4 is 10.9 Å². The van der Waals surface area contributed by atoms with Crippen molar-refractivity contribution in [3.05, 3.63) is 64.6 Å². The lowest BCUT2D eigenvalue weighted by Gasteiger charge is -2.26. The number of benzene rings is 1. The van der Waals surface area contributed by atoms with Crippen LogP contribution in [0.4, 0.5) is 10.5 Å². The van der Waals surface area contributed by atoms with Gasteiger partial charge in [0, 0.05) is 25.7 Å². The number of carbonyl (C=O) groups is 2. The number of amides is 2. The van der Waals surface area contributed by atoms with Gasteiger partial charge in [0.1, 0.15) is 17.3 Å². The molecule has 0 aliphatic heterocycles.